The van der Waals surface area contributed by atoms with Crippen LogP contribution in [0.1, 0.15) is 40.0 Å². The minimum Gasteiger partial charge on any atom is -0.348 e. The summed E-state index contributed by atoms with van der Waals surface area (Å²) < 4.78 is 0. The molecule has 2 rings (SSSR count). The van der Waals surface area contributed by atoms with E-state index in [2.05, 4.69) is 23.0 Å². The molecule has 0 saturated carbocycles. The van der Waals surface area contributed by atoms with E-state index >= 15 is 0 Å². The number of hydrogen-bond donors (Lipinski definition) is 1. The highest BCUT2D eigenvalue weighted by molar-refractivity contribution is 5.53. The third kappa shape index (κ3) is 1.76. The molecule has 0 aromatic carbocycles. The van der Waals surface area contributed by atoms with Crippen LogP contribution in [-0.2, 0) is 6.42 Å². The number of imidazole rings is 1. The number of nitrogens with zero attached hydrogens (tertiary/aromatic N) is 1. The van der Waals surface area contributed by atoms with Gasteiger partial charge in [-0.1, -0.05) is 19.4 Å². The van der Waals surface area contributed by atoms with E-state index in [0.717, 1.165) is 12.1 Å². The van der Waals surface area contributed by atoms with Crippen LogP contribution < -0.4 is 0 Å². The Balaban J connectivity index is 0.000000451. The van der Waals surface area contributed by atoms with Crippen molar-refractivity contribution in [2.24, 2.45) is 0 Å². The highest BCUT2D eigenvalue weighted by Crippen LogP contribution is 2.19. The van der Waals surface area contributed by atoms with Gasteiger partial charge in [0.15, 0.2) is 0 Å². The Kier molecular flexibility index (Phi) is 3.09. The molecule has 0 unspecified atom stereocenters. The summed E-state index contributed by atoms with van der Waals surface area (Å²) in [4.78, 5) is 7.30. The van der Waals surface area contributed by atoms with Crippen molar-refractivity contribution >= 4 is 6.08 Å². The van der Waals surface area contributed by atoms with Crippen LogP contribution in [0.5, 0.6) is 0 Å². The van der Waals surface area contributed by atoms with Crippen LogP contribution in [0, 0.1) is 0 Å². The van der Waals surface area contributed by atoms with Crippen LogP contribution >= 0.6 is 0 Å². The summed E-state index contributed by atoms with van der Waals surface area (Å²) in [6.45, 7) is 6.15. The van der Waals surface area contributed by atoms with Gasteiger partial charge in [0.05, 0.1) is 12.0 Å². The number of H-pyrrole nitrogens is 1. The van der Waals surface area contributed by atoms with Gasteiger partial charge in [-0.2, -0.15) is 0 Å². The Morgan fingerprint density at radius 1 is 1.42 bits per heavy atom. The number of nitrogens with one attached hydrogen (secondary N) is 1. The topological polar surface area (TPSA) is 28.7 Å². The van der Waals surface area contributed by atoms with E-state index in [4.69, 9.17) is 0 Å². The second kappa shape index (κ2) is 4.10. The first-order valence-corrected chi connectivity index (χ1v) is 4.55. The molecule has 1 heterocycles. The number of hydrogen-bond acceptors (Lipinski definition) is 1. The second-order valence-electron chi connectivity index (χ2n) is 2.76. The zero-order chi connectivity index (χ0) is 8.97. The molecule has 1 aromatic rings. The predicted octanol–water partition coefficient (Wildman–Crippen LogP) is 3.03. The molecule has 0 spiro atoms. The van der Waals surface area contributed by atoms with E-state index in [1.807, 2.05) is 13.8 Å². The van der Waals surface area contributed by atoms with Gasteiger partial charge in [-0.15, -0.1) is 0 Å². The number of aromatic nitrogens is 2. The zero-order valence-corrected chi connectivity index (χ0v) is 8.02. The summed E-state index contributed by atoms with van der Waals surface area (Å²) in [5.41, 5.74) is 3.84. The van der Waals surface area contributed by atoms with E-state index < -0.39 is 0 Å². The van der Waals surface area contributed by atoms with Crippen molar-refractivity contribution in [3.8, 4) is 0 Å². The summed E-state index contributed by atoms with van der Waals surface area (Å²) >= 11 is 0. The lowest BCUT2D eigenvalue weighted by Crippen LogP contribution is -1.95. The van der Waals surface area contributed by atoms with E-state index in [-0.39, 0.29) is 1.43 Å². The van der Waals surface area contributed by atoms with E-state index in [9.17, 15) is 0 Å². The zero-order valence-electron chi connectivity index (χ0n) is 8.02. The van der Waals surface area contributed by atoms with Crippen LogP contribution in [0.4, 0.5) is 0 Å². The Morgan fingerprint density at radius 2 is 2.17 bits per heavy atom. The summed E-state index contributed by atoms with van der Waals surface area (Å²) in [6, 6.07) is 0. The summed E-state index contributed by atoms with van der Waals surface area (Å²) in [6.07, 6.45) is 6.21. The van der Waals surface area contributed by atoms with Crippen molar-refractivity contribution in [3.63, 3.8) is 0 Å². The molecule has 1 N–H and O–H groups in total. The minimum absolute atomic E-state index is 0. The molecule has 12 heavy (non-hydrogen) atoms. The number of aryl methyl sites for hydroxylation is 1. The fourth-order valence-corrected chi connectivity index (χ4v) is 1.28. The van der Waals surface area contributed by atoms with Gasteiger partial charge in [-0.05, 0) is 25.8 Å². The number of rotatable bonds is 0. The SMILES string of the molecule is CC.CC1=Cc2nc[nH]c2CC1.[HH]. The lowest BCUT2D eigenvalue weighted by atomic mass is 10.0. The predicted molar refractivity (Wildman–Crippen MR) is 54.0 cm³/mol. The van der Waals surface area contributed by atoms with Gasteiger partial charge < -0.3 is 4.98 Å². The second-order valence-corrected chi connectivity index (χ2v) is 2.76. The van der Waals surface area contributed by atoms with E-state index in [0.29, 0.717) is 0 Å². The maximum atomic E-state index is 4.18. The van der Waals surface area contributed by atoms with Gasteiger partial charge in [0, 0.05) is 7.12 Å². The standard InChI is InChI=1S/C8H10N2.C2H6.H2/c1-6-2-3-7-8(4-6)10-5-9-7;1-2;/h4-5H,2-3H2,1H3,(H,9,10);1-2H3;1H. The van der Waals surface area contributed by atoms with Crippen molar-refractivity contribution in [1.82, 2.24) is 9.97 Å². The molecule has 1 aliphatic rings. The molecule has 0 aliphatic heterocycles. The van der Waals surface area contributed by atoms with Gasteiger partial charge in [-0.25, -0.2) is 4.98 Å². The lowest BCUT2D eigenvalue weighted by Gasteiger charge is -2.06. The smallest absolute Gasteiger partial charge is 0.0929 e. The van der Waals surface area contributed by atoms with Gasteiger partial charge in [0.2, 0.25) is 0 Å². The van der Waals surface area contributed by atoms with Crippen LogP contribution in [0.15, 0.2) is 11.9 Å². The largest absolute Gasteiger partial charge is 0.348 e. The highest BCUT2D eigenvalue weighted by Gasteiger charge is 2.08. The fourth-order valence-electron chi connectivity index (χ4n) is 1.28. The number of allylic oxidation sites excluding steroid dienone is 1. The molecule has 2 heteroatoms. The normalized spacial score (nSPS) is 14.1. The highest BCUT2D eigenvalue weighted by atomic mass is 14.9. The monoisotopic (exact) mass is 166 g/mol. The van der Waals surface area contributed by atoms with Crippen molar-refractivity contribution < 1.29 is 1.43 Å². The Bertz CT molecular complexity index is 276. The van der Waals surface area contributed by atoms with Gasteiger partial charge in [0.1, 0.15) is 0 Å². The third-order valence-electron chi connectivity index (χ3n) is 1.90. The molecule has 0 saturated heterocycles. The lowest BCUT2D eigenvalue weighted by molar-refractivity contribution is 0.896. The van der Waals surface area contributed by atoms with Crippen LogP contribution in [-0.4, -0.2) is 9.97 Å². The van der Waals surface area contributed by atoms with Gasteiger partial charge in [-0.3, -0.25) is 0 Å². The molecule has 0 fully saturated rings. The first kappa shape index (κ1) is 9.04. The molecule has 0 radical (unpaired) electrons. The number of aromatic amines is 1. The molecule has 0 amide bonds. The third-order valence-corrected chi connectivity index (χ3v) is 1.90. The average molecular weight is 166 g/mol. The Morgan fingerprint density at radius 3 is 2.92 bits per heavy atom. The van der Waals surface area contributed by atoms with Gasteiger partial charge >= 0.3 is 0 Å². The average Bonchev–Trinajstić information content (AvgIpc) is 2.54. The maximum Gasteiger partial charge on any atom is 0.0929 e. The van der Waals surface area contributed by atoms with E-state index in [1.54, 1.807) is 6.33 Å². The molecular formula is C10H18N2. The molecule has 1 aromatic heterocycles. The van der Waals surface area contributed by atoms with Gasteiger partial charge in [0.25, 0.3) is 0 Å². The van der Waals surface area contributed by atoms with Crippen LogP contribution in [0.2, 0.25) is 0 Å². The van der Waals surface area contributed by atoms with Crippen LogP contribution in [0.3, 0.4) is 0 Å². The molecular weight excluding hydrogens is 148 g/mol. The molecule has 0 atom stereocenters. The Labute approximate surface area is 75.2 Å². The summed E-state index contributed by atoms with van der Waals surface area (Å²) in [5.74, 6) is 0. The molecule has 0 bridgehead atoms. The first-order valence-electron chi connectivity index (χ1n) is 4.55. The number of fused-ring (bicyclic) bond motifs is 1. The Hall–Kier alpha value is -1.05. The summed E-state index contributed by atoms with van der Waals surface area (Å²) in [5, 5.41) is 0. The first-order chi connectivity index (χ1) is 5.86. The quantitative estimate of drug-likeness (QED) is 0.630. The molecule has 1 aliphatic carbocycles. The van der Waals surface area contributed by atoms with E-state index in [1.165, 1.54) is 17.7 Å². The van der Waals surface area contributed by atoms with Crippen molar-refractivity contribution in [3.05, 3.63) is 23.3 Å². The molecule has 68 valence electrons. The van der Waals surface area contributed by atoms with Crippen molar-refractivity contribution in [2.75, 3.05) is 0 Å². The molecule has 2 nitrogen and oxygen atoms in total. The fraction of sp³-hybridized carbons (Fsp3) is 0.500. The van der Waals surface area contributed by atoms with Crippen LogP contribution in [0.25, 0.3) is 6.08 Å². The minimum atomic E-state index is 0. The van der Waals surface area contributed by atoms with Crippen molar-refractivity contribution in [1.29, 1.82) is 0 Å². The maximum absolute atomic E-state index is 4.18. The summed E-state index contributed by atoms with van der Waals surface area (Å²) in [7, 11) is 0. The van der Waals surface area contributed by atoms with Crippen molar-refractivity contribution in [2.45, 2.75) is 33.6 Å².